The predicted octanol–water partition coefficient (Wildman–Crippen LogP) is 3.66. The molecule has 0 aliphatic carbocycles. The quantitative estimate of drug-likeness (QED) is 0.522. The molecule has 3 aromatic rings. The van der Waals surface area contributed by atoms with Crippen LogP contribution in [-0.2, 0) is 6.54 Å². The second-order valence-electron chi connectivity index (χ2n) is 7.81. The Morgan fingerprint density at radius 2 is 1.97 bits per heavy atom. The molecule has 2 heterocycles. The summed E-state index contributed by atoms with van der Waals surface area (Å²) in [5.41, 5.74) is 2.18. The number of hydrogen-bond acceptors (Lipinski definition) is 5. The maximum absolute atomic E-state index is 12.8. The minimum absolute atomic E-state index is 0.0122. The Morgan fingerprint density at radius 1 is 1.16 bits per heavy atom. The van der Waals surface area contributed by atoms with Crippen LogP contribution in [0, 0.1) is 0 Å². The van der Waals surface area contributed by atoms with Gasteiger partial charge in [-0.05, 0) is 59.9 Å². The van der Waals surface area contributed by atoms with Gasteiger partial charge in [0.25, 0.3) is 5.56 Å². The number of allylic oxidation sites excluding steroid dienone is 1. The molecule has 160 valence electrons. The molecule has 0 amide bonds. The largest absolute Gasteiger partial charge is 0.545 e. The van der Waals surface area contributed by atoms with Crippen molar-refractivity contribution in [1.29, 1.82) is 0 Å². The van der Waals surface area contributed by atoms with E-state index in [9.17, 15) is 14.7 Å². The Labute approximate surface area is 180 Å². The summed E-state index contributed by atoms with van der Waals surface area (Å²) in [4.78, 5) is 28.6. The highest BCUT2D eigenvalue weighted by molar-refractivity contribution is 5.92. The minimum atomic E-state index is -1.28. The van der Waals surface area contributed by atoms with Crippen LogP contribution in [-0.4, -0.2) is 22.1 Å². The van der Waals surface area contributed by atoms with E-state index in [1.54, 1.807) is 4.57 Å². The van der Waals surface area contributed by atoms with Gasteiger partial charge in [0, 0.05) is 6.54 Å². The van der Waals surface area contributed by atoms with Crippen molar-refractivity contribution in [2.45, 2.75) is 45.6 Å². The lowest BCUT2D eigenvalue weighted by Crippen LogP contribution is -2.23. The molecule has 0 fully saturated rings. The van der Waals surface area contributed by atoms with E-state index < -0.39 is 5.97 Å². The van der Waals surface area contributed by atoms with Crippen molar-refractivity contribution < 1.29 is 14.6 Å². The van der Waals surface area contributed by atoms with Crippen LogP contribution in [0.3, 0.4) is 0 Å². The van der Waals surface area contributed by atoms with Crippen LogP contribution < -0.4 is 15.4 Å². The molecule has 0 spiro atoms. The molecule has 31 heavy (non-hydrogen) atoms. The molecule has 6 nitrogen and oxygen atoms in total. The second-order valence-corrected chi connectivity index (χ2v) is 7.81. The van der Waals surface area contributed by atoms with Crippen molar-refractivity contribution >= 4 is 28.5 Å². The number of aromatic nitrogens is 2. The van der Waals surface area contributed by atoms with Crippen LogP contribution in [0.2, 0.25) is 0 Å². The molecule has 0 radical (unpaired) electrons. The van der Waals surface area contributed by atoms with Gasteiger partial charge in [0.15, 0.2) is 0 Å². The summed E-state index contributed by atoms with van der Waals surface area (Å²) in [5, 5.41) is 11.6. The van der Waals surface area contributed by atoms with Crippen LogP contribution in [0.25, 0.3) is 22.6 Å². The molecule has 4 rings (SSSR count). The Morgan fingerprint density at radius 3 is 2.71 bits per heavy atom. The average molecular weight is 417 g/mol. The number of carbonyl (C=O) groups excluding carboxylic acids is 1. The van der Waals surface area contributed by atoms with Gasteiger partial charge in [-0.15, -0.1) is 0 Å². The molecule has 0 unspecified atom stereocenters. The van der Waals surface area contributed by atoms with Gasteiger partial charge in [-0.25, -0.2) is 4.98 Å². The van der Waals surface area contributed by atoms with Crippen LogP contribution >= 0.6 is 0 Å². The molecule has 0 saturated carbocycles. The average Bonchev–Trinajstić information content (AvgIpc) is 3.17. The molecule has 2 aromatic carbocycles. The minimum Gasteiger partial charge on any atom is -0.545 e. The summed E-state index contributed by atoms with van der Waals surface area (Å²) in [7, 11) is 0. The van der Waals surface area contributed by atoms with Crippen molar-refractivity contribution in [2.24, 2.45) is 0 Å². The fourth-order valence-electron chi connectivity index (χ4n) is 3.86. The molecule has 0 saturated heterocycles. The maximum Gasteiger partial charge on any atom is 0.261 e. The first-order valence-electron chi connectivity index (χ1n) is 10.8. The number of nitrogens with zero attached hydrogens (tertiary/aromatic N) is 2. The van der Waals surface area contributed by atoms with Crippen molar-refractivity contribution in [3.63, 3.8) is 0 Å². The summed E-state index contributed by atoms with van der Waals surface area (Å²) < 4.78 is 7.45. The SMILES string of the molecule is CCCCCCOc1ccc(/C=C2\CCn3c2nc2cc(C(=O)[O-])ccc2c3=O)cc1. The van der Waals surface area contributed by atoms with E-state index in [0.717, 1.165) is 29.9 Å². The number of fused-ring (bicyclic) bond motifs is 2. The third-order valence-electron chi connectivity index (χ3n) is 5.57. The monoisotopic (exact) mass is 417 g/mol. The fraction of sp³-hybridized carbons (Fsp3) is 0.320. The zero-order valence-corrected chi connectivity index (χ0v) is 17.6. The van der Waals surface area contributed by atoms with E-state index in [-0.39, 0.29) is 11.1 Å². The summed E-state index contributed by atoms with van der Waals surface area (Å²) >= 11 is 0. The maximum atomic E-state index is 12.8. The normalized spacial score (nSPS) is 14.2. The van der Waals surface area contributed by atoms with E-state index in [2.05, 4.69) is 11.9 Å². The van der Waals surface area contributed by atoms with Gasteiger partial charge in [0.2, 0.25) is 0 Å². The third-order valence-corrected chi connectivity index (χ3v) is 5.57. The van der Waals surface area contributed by atoms with E-state index in [1.807, 2.05) is 30.3 Å². The number of unbranched alkanes of at least 4 members (excludes halogenated alkanes) is 3. The van der Waals surface area contributed by atoms with Gasteiger partial charge < -0.3 is 14.6 Å². The summed E-state index contributed by atoms with van der Waals surface area (Å²) in [5.74, 6) is 0.151. The van der Waals surface area contributed by atoms with Gasteiger partial charge in [-0.1, -0.05) is 44.4 Å². The Hall–Kier alpha value is -3.41. The van der Waals surface area contributed by atoms with Crippen molar-refractivity contribution in [1.82, 2.24) is 9.55 Å². The molecule has 0 bridgehead atoms. The molecule has 6 heteroatoms. The first-order valence-corrected chi connectivity index (χ1v) is 10.8. The summed E-state index contributed by atoms with van der Waals surface area (Å²) in [6.45, 7) is 3.47. The van der Waals surface area contributed by atoms with Gasteiger partial charge in [-0.2, -0.15) is 0 Å². The highest BCUT2D eigenvalue weighted by Crippen LogP contribution is 2.28. The first kappa shape index (κ1) is 20.8. The first-order chi connectivity index (χ1) is 15.1. The van der Waals surface area contributed by atoms with Crippen LogP contribution in [0.1, 0.15) is 60.8 Å². The number of carboxylic acids is 1. The second kappa shape index (κ2) is 9.16. The molecule has 1 aliphatic heterocycles. The summed E-state index contributed by atoms with van der Waals surface area (Å²) in [6, 6.07) is 12.2. The van der Waals surface area contributed by atoms with E-state index >= 15 is 0 Å². The number of rotatable bonds is 8. The Balaban J connectivity index is 1.56. The lowest BCUT2D eigenvalue weighted by molar-refractivity contribution is -0.255. The van der Waals surface area contributed by atoms with Crippen molar-refractivity contribution in [2.75, 3.05) is 6.61 Å². The molecule has 1 aromatic heterocycles. The van der Waals surface area contributed by atoms with Gasteiger partial charge >= 0.3 is 0 Å². The molecule has 1 aliphatic rings. The molecular weight excluding hydrogens is 392 g/mol. The number of ether oxygens (including phenoxy) is 1. The lowest BCUT2D eigenvalue weighted by atomic mass is 10.1. The zero-order valence-electron chi connectivity index (χ0n) is 17.6. The third kappa shape index (κ3) is 4.53. The van der Waals surface area contributed by atoms with Gasteiger partial charge in [-0.3, -0.25) is 9.36 Å². The Bertz CT molecular complexity index is 1190. The number of hydrogen-bond donors (Lipinski definition) is 0. The molecular formula is C25H25N2O4-. The van der Waals surface area contributed by atoms with E-state index in [1.165, 1.54) is 37.5 Å². The smallest absolute Gasteiger partial charge is 0.261 e. The van der Waals surface area contributed by atoms with E-state index in [4.69, 9.17) is 4.74 Å². The molecule has 0 atom stereocenters. The van der Waals surface area contributed by atoms with Crippen LogP contribution in [0.15, 0.2) is 47.3 Å². The van der Waals surface area contributed by atoms with Crippen LogP contribution in [0.5, 0.6) is 5.75 Å². The number of carboxylic acid groups (broad SMARTS) is 1. The molecule has 0 N–H and O–H groups in total. The van der Waals surface area contributed by atoms with E-state index in [0.29, 0.717) is 29.7 Å². The topological polar surface area (TPSA) is 84.2 Å². The summed E-state index contributed by atoms with van der Waals surface area (Å²) in [6.07, 6.45) is 7.40. The van der Waals surface area contributed by atoms with Crippen LogP contribution in [0.4, 0.5) is 0 Å². The number of carbonyl (C=O) groups is 1. The van der Waals surface area contributed by atoms with Crippen molar-refractivity contribution in [3.05, 3.63) is 69.8 Å². The zero-order chi connectivity index (χ0) is 21.8. The standard InChI is InChI=1S/C25H26N2O4/c1-2-3-4-5-14-31-20-9-6-17(7-10-20)15-18-12-13-27-23(18)26-22-16-19(25(29)30)8-11-21(22)24(27)28/h6-11,15-16H,2-5,12-14H2,1H3,(H,29,30)/p-1/b18-15+. The lowest BCUT2D eigenvalue weighted by Gasteiger charge is -2.08. The number of aromatic carboxylic acids is 1. The fourth-order valence-corrected chi connectivity index (χ4v) is 3.86. The highest BCUT2D eigenvalue weighted by Gasteiger charge is 2.21. The predicted molar refractivity (Wildman–Crippen MR) is 119 cm³/mol. The van der Waals surface area contributed by atoms with Crippen molar-refractivity contribution in [3.8, 4) is 5.75 Å². The number of benzene rings is 2. The van der Waals surface area contributed by atoms with Gasteiger partial charge in [0.1, 0.15) is 11.6 Å². The van der Waals surface area contributed by atoms with Gasteiger partial charge in [0.05, 0.1) is 23.5 Å². The Kier molecular flexibility index (Phi) is 6.16. The highest BCUT2D eigenvalue weighted by atomic mass is 16.5.